The molecule has 4 nitrogen and oxygen atoms in total. The normalized spacial score (nSPS) is 10.3. The first-order valence-electron chi connectivity index (χ1n) is 7.90. The topological polar surface area (TPSA) is 45.2 Å². The van der Waals surface area contributed by atoms with Crippen LogP contribution in [0, 0.1) is 0 Å². The molecule has 0 unspecified atom stereocenters. The molecule has 1 heterocycles. The molecule has 0 aliphatic carbocycles. The molecule has 0 atom stereocenters. The summed E-state index contributed by atoms with van der Waals surface area (Å²) in [6.07, 6.45) is 1.64. The van der Waals surface area contributed by atoms with Crippen LogP contribution in [0.3, 0.4) is 0 Å². The standard InChI is InChI=1S/C20H18ClN3O/c1-24(14-15-7-3-2-4-8-15)19-13-16(11-12-22-19)20(25)23-18-10-6-5-9-17(18)21/h2-13H,14H2,1H3,(H,23,25). The van der Waals surface area contributed by atoms with E-state index in [2.05, 4.69) is 22.4 Å². The van der Waals surface area contributed by atoms with Gasteiger partial charge in [-0.05, 0) is 29.8 Å². The summed E-state index contributed by atoms with van der Waals surface area (Å²) in [4.78, 5) is 18.8. The fraction of sp³-hybridized carbons (Fsp3) is 0.100. The van der Waals surface area contributed by atoms with E-state index in [1.165, 1.54) is 5.56 Å². The Labute approximate surface area is 152 Å². The largest absolute Gasteiger partial charge is 0.355 e. The van der Waals surface area contributed by atoms with Gasteiger partial charge < -0.3 is 10.2 Å². The van der Waals surface area contributed by atoms with E-state index in [0.717, 1.165) is 5.82 Å². The number of amides is 1. The van der Waals surface area contributed by atoms with Gasteiger partial charge in [-0.15, -0.1) is 0 Å². The number of carbonyl (C=O) groups is 1. The highest BCUT2D eigenvalue weighted by Crippen LogP contribution is 2.22. The van der Waals surface area contributed by atoms with E-state index in [0.29, 0.717) is 22.8 Å². The van der Waals surface area contributed by atoms with Crippen LogP contribution >= 0.6 is 11.6 Å². The smallest absolute Gasteiger partial charge is 0.255 e. The van der Waals surface area contributed by atoms with Gasteiger partial charge in [0.15, 0.2) is 0 Å². The molecular formula is C20H18ClN3O. The number of aromatic nitrogens is 1. The number of benzene rings is 2. The van der Waals surface area contributed by atoms with E-state index in [1.54, 1.807) is 30.5 Å². The first-order valence-corrected chi connectivity index (χ1v) is 8.28. The van der Waals surface area contributed by atoms with Crippen molar-refractivity contribution in [3.8, 4) is 0 Å². The zero-order valence-electron chi connectivity index (χ0n) is 13.8. The number of anilines is 2. The number of para-hydroxylation sites is 1. The Morgan fingerprint density at radius 1 is 1.08 bits per heavy atom. The minimum atomic E-state index is -0.218. The van der Waals surface area contributed by atoms with E-state index >= 15 is 0 Å². The summed E-state index contributed by atoms with van der Waals surface area (Å²) in [5.74, 6) is 0.514. The average molecular weight is 352 g/mol. The van der Waals surface area contributed by atoms with Crippen LogP contribution in [-0.4, -0.2) is 17.9 Å². The molecule has 0 saturated carbocycles. The molecule has 126 valence electrons. The maximum atomic E-state index is 12.5. The van der Waals surface area contributed by atoms with Gasteiger partial charge in [0.1, 0.15) is 5.82 Å². The summed E-state index contributed by atoms with van der Waals surface area (Å²) in [7, 11) is 1.95. The molecule has 3 rings (SSSR count). The summed E-state index contributed by atoms with van der Waals surface area (Å²) >= 11 is 6.09. The zero-order chi connectivity index (χ0) is 17.6. The molecule has 0 bridgehead atoms. The van der Waals surface area contributed by atoms with Crippen molar-refractivity contribution in [3.05, 3.63) is 89.1 Å². The zero-order valence-corrected chi connectivity index (χ0v) is 14.6. The Balaban J connectivity index is 1.74. The lowest BCUT2D eigenvalue weighted by atomic mass is 10.2. The van der Waals surface area contributed by atoms with Crippen molar-refractivity contribution in [1.29, 1.82) is 0 Å². The van der Waals surface area contributed by atoms with Crippen LogP contribution < -0.4 is 10.2 Å². The monoisotopic (exact) mass is 351 g/mol. The minimum Gasteiger partial charge on any atom is -0.355 e. The molecule has 0 aliphatic heterocycles. The summed E-state index contributed by atoms with van der Waals surface area (Å²) in [6, 6.07) is 20.7. The number of halogens is 1. The van der Waals surface area contributed by atoms with Crippen LogP contribution in [0.5, 0.6) is 0 Å². The number of nitrogens with one attached hydrogen (secondary N) is 1. The summed E-state index contributed by atoms with van der Waals surface area (Å²) < 4.78 is 0. The van der Waals surface area contributed by atoms with Crippen LogP contribution in [0.2, 0.25) is 5.02 Å². The molecule has 1 N–H and O–H groups in total. The maximum Gasteiger partial charge on any atom is 0.255 e. The lowest BCUT2D eigenvalue weighted by molar-refractivity contribution is 0.102. The number of pyridine rings is 1. The van der Waals surface area contributed by atoms with Crippen molar-refractivity contribution >= 4 is 29.0 Å². The summed E-state index contributed by atoms with van der Waals surface area (Å²) in [6.45, 7) is 0.712. The first kappa shape index (κ1) is 17.0. The third-order valence-electron chi connectivity index (χ3n) is 3.78. The Morgan fingerprint density at radius 3 is 2.56 bits per heavy atom. The number of hydrogen-bond acceptors (Lipinski definition) is 3. The average Bonchev–Trinajstić information content (AvgIpc) is 2.64. The van der Waals surface area contributed by atoms with E-state index in [9.17, 15) is 4.79 Å². The summed E-state index contributed by atoms with van der Waals surface area (Å²) in [5, 5.41) is 3.33. The highest BCUT2D eigenvalue weighted by Gasteiger charge is 2.11. The molecule has 3 aromatic rings. The van der Waals surface area contributed by atoms with E-state index in [-0.39, 0.29) is 5.91 Å². The molecule has 0 spiro atoms. The van der Waals surface area contributed by atoms with Gasteiger partial charge in [-0.3, -0.25) is 4.79 Å². The first-order chi connectivity index (χ1) is 12.1. The third-order valence-corrected chi connectivity index (χ3v) is 4.11. The lowest BCUT2D eigenvalue weighted by Crippen LogP contribution is -2.19. The highest BCUT2D eigenvalue weighted by molar-refractivity contribution is 6.33. The van der Waals surface area contributed by atoms with E-state index < -0.39 is 0 Å². The van der Waals surface area contributed by atoms with E-state index in [1.807, 2.05) is 42.3 Å². The van der Waals surface area contributed by atoms with Gasteiger partial charge in [-0.2, -0.15) is 0 Å². The second-order valence-corrected chi connectivity index (χ2v) is 6.09. The third kappa shape index (κ3) is 4.37. The Hall–Kier alpha value is -2.85. The van der Waals surface area contributed by atoms with Gasteiger partial charge in [-0.25, -0.2) is 4.98 Å². The van der Waals surface area contributed by atoms with Gasteiger partial charge >= 0.3 is 0 Å². The number of carbonyl (C=O) groups excluding carboxylic acids is 1. The number of rotatable bonds is 5. The molecule has 0 saturated heterocycles. The number of hydrogen-bond donors (Lipinski definition) is 1. The Kier molecular flexibility index (Phi) is 5.31. The second-order valence-electron chi connectivity index (χ2n) is 5.68. The molecule has 0 radical (unpaired) electrons. The molecule has 0 aliphatic rings. The van der Waals surface area contributed by atoms with Crippen molar-refractivity contribution < 1.29 is 4.79 Å². The Bertz CT molecular complexity index is 868. The molecule has 25 heavy (non-hydrogen) atoms. The fourth-order valence-electron chi connectivity index (χ4n) is 2.46. The van der Waals surface area contributed by atoms with E-state index in [4.69, 9.17) is 11.6 Å². The quantitative estimate of drug-likeness (QED) is 0.729. The van der Waals surface area contributed by atoms with Crippen molar-refractivity contribution in [1.82, 2.24) is 4.98 Å². The molecule has 2 aromatic carbocycles. The van der Waals surface area contributed by atoms with Crippen molar-refractivity contribution in [3.63, 3.8) is 0 Å². The maximum absolute atomic E-state index is 12.5. The second kappa shape index (κ2) is 7.81. The highest BCUT2D eigenvalue weighted by atomic mass is 35.5. The van der Waals surface area contributed by atoms with Gasteiger partial charge in [0.05, 0.1) is 10.7 Å². The van der Waals surface area contributed by atoms with Crippen LogP contribution in [0.25, 0.3) is 0 Å². The van der Waals surface area contributed by atoms with Crippen LogP contribution in [0.4, 0.5) is 11.5 Å². The van der Waals surface area contributed by atoms with Gasteiger partial charge in [0, 0.05) is 25.4 Å². The minimum absolute atomic E-state index is 0.218. The molecule has 1 aromatic heterocycles. The van der Waals surface area contributed by atoms with Crippen LogP contribution in [0.15, 0.2) is 72.9 Å². The van der Waals surface area contributed by atoms with Gasteiger partial charge in [0.2, 0.25) is 0 Å². The summed E-state index contributed by atoms with van der Waals surface area (Å²) in [5.41, 5.74) is 2.30. The van der Waals surface area contributed by atoms with Crippen LogP contribution in [-0.2, 0) is 6.54 Å². The van der Waals surface area contributed by atoms with Gasteiger partial charge in [-0.1, -0.05) is 54.1 Å². The van der Waals surface area contributed by atoms with Crippen molar-refractivity contribution in [2.24, 2.45) is 0 Å². The SMILES string of the molecule is CN(Cc1ccccc1)c1cc(C(=O)Nc2ccccc2Cl)ccn1. The number of nitrogens with zero attached hydrogens (tertiary/aromatic N) is 2. The lowest BCUT2D eigenvalue weighted by Gasteiger charge is -2.18. The van der Waals surface area contributed by atoms with Gasteiger partial charge in [0.25, 0.3) is 5.91 Å². The fourth-order valence-corrected chi connectivity index (χ4v) is 2.65. The molecular weight excluding hydrogens is 334 g/mol. The van der Waals surface area contributed by atoms with Crippen molar-refractivity contribution in [2.45, 2.75) is 6.54 Å². The predicted octanol–water partition coefficient (Wildman–Crippen LogP) is 4.62. The predicted molar refractivity (Wildman–Crippen MR) is 102 cm³/mol. The van der Waals surface area contributed by atoms with Crippen LogP contribution in [0.1, 0.15) is 15.9 Å². The molecule has 5 heteroatoms. The van der Waals surface area contributed by atoms with Crippen molar-refractivity contribution in [2.75, 3.05) is 17.3 Å². The Morgan fingerprint density at radius 2 is 1.80 bits per heavy atom. The molecule has 0 fully saturated rings. The molecule has 1 amide bonds.